The summed E-state index contributed by atoms with van der Waals surface area (Å²) in [6.07, 6.45) is 0. The summed E-state index contributed by atoms with van der Waals surface area (Å²) in [5.74, 6) is -0.875. The third-order valence-corrected chi connectivity index (χ3v) is 1.30. The molecule has 0 saturated carbocycles. The van der Waals surface area contributed by atoms with Crippen molar-refractivity contribution in [2.75, 3.05) is 0 Å². The second-order valence-electron chi connectivity index (χ2n) is 2.17. The Morgan fingerprint density at radius 3 is 2.18 bits per heavy atom. The molecule has 0 aliphatic heterocycles. The minimum atomic E-state index is -0.875. The van der Waals surface area contributed by atoms with E-state index in [9.17, 15) is 4.79 Å². The molecule has 3 heteroatoms. The standard InChI is InChI=1S/C8H8O2.Li.H/c1-6-2-4-7(5-3-6)8(9)10;;/h2-5H,1H3,(H,9,10);;/q;+1;-1. The molecule has 0 bridgehead atoms. The molecule has 1 rings (SSSR count). The fourth-order valence-electron chi connectivity index (χ4n) is 0.696. The third-order valence-electron chi connectivity index (χ3n) is 1.30. The van der Waals surface area contributed by atoms with Gasteiger partial charge in [0.1, 0.15) is 0 Å². The molecule has 0 amide bonds. The van der Waals surface area contributed by atoms with Crippen molar-refractivity contribution < 1.29 is 30.2 Å². The number of carbonyl (C=O) groups is 1. The quantitative estimate of drug-likeness (QED) is 0.503. The van der Waals surface area contributed by atoms with Crippen LogP contribution < -0.4 is 18.9 Å². The summed E-state index contributed by atoms with van der Waals surface area (Å²) >= 11 is 0. The van der Waals surface area contributed by atoms with Crippen LogP contribution in [0.2, 0.25) is 0 Å². The number of carboxylic acids is 1. The van der Waals surface area contributed by atoms with Crippen molar-refractivity contribution in [2.24, 2.45) is 0 Å². The van der Waals surface area contributed by atoms with Gasteiger partial charge >= 0.3 is 24.8 Å². The molecule has 0 aliphatic carbocycles. The Balaban J connectivity index is 0. The average molecular weight is 144 g/mol. The molecule has 1 aromatic carbocycles. The van der Waals surface area contributed by atoms with Gasteiger partial charge in [-0.25, -0.2) is 4.79 Å². The van der Waals surface area contributed by atoms with Crippen molar-refractivity contribution in [2.45, 2.75) is 6.92 Å². The van der Waals surface area contributed by atoms with Gasteiger partial charge in [-0.3, -0.25) is 0 Å². The Labute approximate surface area is 78.9 Å². The molecule has 0 aliphatic rings. The molecule has 1 aromatic rings. The van der Waals surface area contributed by atoms with Crippen LogP contribution >= 0.6 is 0 Å². The number of rotatable bonds is 1. The van der Waals surface area contributed by atoms with Gasteiger partial charge in [0, 0.05) is 0 Å². The number of aryl methyl sites for hydroxylation is 1. The van der Waals surface area contributed by atoms with Gasteiger partial charge in [-0.1, -0.05) is 17.7 Å². The maximum absolute atomic E-state index is 10.3. The number of carboxylic acid groups (broad SMARTS) is 1. The van der Waals surface area contributed by atoms with Crippen LogP contribution in [0.15, 0.2) is 24.3 Å². The van der Waals surface area contributed by atoms with Gasteiger partial charge in [-0.15, -0.1) is 0 Å². The van der Waals surface area contributed by atoms with Crippen molar-refractivity contribution in [3.8, 4) is 0 Å². The zero-order valence-electron chi connectivity index (χ0n) is 7.66. The van der Waals surface area contributed by atoms with Crippen LogP contribution in [-0.4, -0.2) is 11.1 Å². The molecule has 54 valence electrons. The van der Waals surface area contributed by atoms with Crippen LogP contribution in [0.5, 0.6) is 0 Å². The predicted molar refractivity (Wildman–Crippen MR) is 39.3 cm³/mol. The first-order chi connectivity index (χ1) is 4.70. The summed E-state index contributed by atoms with van der Waals surface area (Å²) in [4.78, 5) is 10.3. The molecule has 0 aromatic heterocycles. The Bertz CT molecular complexity index is 246. The smallest absolute Gasteiger partial charge is 1.00 e. The van der Waals surface area contributed by atoms with E-state index < -0.39 is 5.97 Å². The van der Waals surface area contributed by atoms with Crippen LogP contribution in [0.4, 0.5) is 0 Å². The number of benzene rings is 1. The number of hydrogen-bond acceptors (Lipinski definition) is 1. The zero-order valence-corrected chi connectivity index (χ0v) is 6.66. The Morgan fingerprint density at radius 2 is 1.82 bits per heavy atom. The zero-order chi connectivity index (χ0) is 7.56. The van der Waals surface area contributed by atoms with Gasteiger partial charge in [0.2, 0.25) is 0 Å². The first-order valence-corrected chi connectivity index (χ1v) is 3.00. The summed E-state index contributed by atoms with van der Waals surface area (Å²) < 4.78 is 0. The molecule has 0 radical (unpaired) electrons. The molecule has 0 saturated heterocycles. The van der Waals surface area contributed by atoms with Gasteiger partial charge in [0.15, 0.2) is 0 Å². The minimum absolute atomic E-state index is 0. The SMILES string of the molecule is Cc1ccc(C(=O)O)cc1.[H-].[Li+]. The van der Waals surface area contributed by atoms with E-state index in [1.807, 2.05) is 6.92 Å². The van der Waals surface area contributed by atoms with E-state index in [2.05, 4.69) is 0 Å². The Hall–Kier alpha value is -0.713. The predicted octanol–water partition coefficient (Wildman–Crippen LogP) is -1.19. The first-order valence-electron chi connectivity index (χ1n) is 3.00. The van der Waals surface area contributed by atoms with E-state index in [0.717, 1.165) is 5.56 Å². The molecule has 0 heterocycles. The van der Waals surface area contributed by atoms with E-state index in [1.165, 1.54) is 0 Å². The normalized spacial score (nSPS) is 8.45. The maximum atomic E-state index is 10.3. The van der Waals surface area contributed by atoms with E-state index in [4.69, 9.17) is 5.11 Å². The minimum Gasteiger partial charge on any atom is -1.00 e. The maximum Gasteiger partial charge on any atom is 1.00 e. The molecule has 1 N–H and O–H groups in total. The number of hydrogen-bond donors (Lipinski definition) is 1. The molecule has 0 spiro atoms. The topological polar surface area (TPSA) is 37.3 Å². The Kier molecular flexibility index (Phi) is 3.95. The van der Waals surface area contributed by atoms with Crippen molar-refractivity contribution in [3.05, 3.63) is 35.4 Å². The van der Waals surface area contributed by atoms with E-state index in [0.29, 0.717) is 5.56 Å². The molecular formula is C8H9LiO2. The van der Waals surface area contributed by atoms with Crippen LogP contribution in [0.3, 0.4) is 0 Å². The molecule has 0 atom stereocenters. The van der Waals surface area contributed by atoms with Gasteiger partial charge in [-0.05, 0) is 19.1 Å². The van der Waals surface area contributed by atoms with Crippen molar-refractivity contribution in [3.63, 3.8) is 0 Å². The van der Waals surface area contributed by atoms with Crippen molar-refractivity contribution in [1.82, 2.24) is 0 Å². The van der Waals surface area contributed by atoms with E-state index >= 15 is 0 Å². The molecule has 0 unspecified atom stereocenters. The van der Waals surface area contributed by atoms with E-state index in [1.54, 1.807) is 24.3 Å². The largest absolute Gasteiger partial charge is 1.00 e. The fraction of sp³-hybridized carbons (Fsp3) is 0.125. The van der Waals surface area contributed by atoms with Crippen LogP contribution in [0.25, 0.3) is 0 Å². The van der Waals surface area contributed by atoms with Gasteiger partial charge in [0.25, 0.3) is 0 Å². The molecule has 11 heavy (non-hydrogen) atoms. The molecule has 2 nitrogen and oxygen atoms in total. The average Bonchev–Trinajstić information content (AvgIpc) is 1.88. The van der Waals surface area contributed by atoms with E-state index in [-0.39, 0.29) is 20.3 Å². The summed E-state index contributed by atoms with van der Waals surface area (Å²) in [5.41, 5.74) is 1.41. The molecular weight excluding hydrogens is 135 g/mol. The van der Waals surface area contributed by atoms with Crippen LogP contribution in [0.1, 0.15) is 17.3 Å². The monoisotopic (exact) mass is 144 g/mol. The summed E-state index contributed by atoms with van der Waals surface area (Å²) in [7, 11) is 0. The molecule has 0 fully saturated rings. The second-order valence-corrected chi connectivity index (χ2v) is 2.17. The van der Waals surface area contributed by atoms with Crippen molar-refractivity contribution in [1.29, 1.82) is 0 Å². The van der Waals surface area contributed by atoms with Crippen molar-refractivity contribution >= 4 is 5.97 Å². The van der Waals surface area contributed by atoms with Gasteiger partial charge in [-0.2, -0.15) is 0 Å². The fourth-order valence-corrected chi connectivity index (χ4v) is 0.696. The van der Waals surface area contributed by atoms with Crippen LogP contribution in [0, 0.1) is 6.92 Å². The summed E-state index contributed by atoms with van der Waals surface area (Å²) in [6.45, 7) is 1.92. The first kappa shape index (κ1) is 10.3. The summed E-state index contributed by atoms with van der Waals surface area (Å²) in [6, 6.07) is 6.75. The number of aromatic carboxylic acids is 1. The summed E-state index contributed by atoms with van der Waals surface area (Å²) in [5, 5.41) is 8.48. The van der Waals surface area contributed by atoms with Gasteiger partial charge in [0.05, 0.1) is 5.56 Å². The van der Waals surface area contributed by atoms with Crippen LogP contribution in [-0.2, 0) is 0 Å². The Morgan fingerprint density at radius 1 is 1.36 bits per heavy atom. The third kappa shape index (κ3) is 2.79. The second kappa shape index (κ2) is 4.22. The van der Waals surface area contributed by atoms with Gasteiger partial charge < -0.3 is 6.53 Å².